The molecule has 0 bridgehead atoms. The summed E-state index contributed by atoms with van der Waals surface area (Å²) < 4.78 is 5.16. The van der Waals surface area contributed by atoms with Crippen LogP contribution in [0.3, 0.4) is 0 Å². The number of carbonyl (C=O) groups excluding carboxylic acids is 2. The van der Waals surface area contributed by atoms with Gasteiger partial charge in [-0.05, 0) is 31.4 Å². The average molecular weight is 366 g/mol. The third kappa shape index (κ3) is 4.55. The molecule has 5 nitrogen and oxygen atoms in total. The fraction of sp³-hybridized carbons (Fsp3) is 0.364. The third-order valence-corrected chi connectivity index (χ3v) is 5.00. The molecule has 1 fully saturated rings. The average Bonchev–Trinajstić information content (AvgIpc) is 3.15. The van der Waals surface area contributed by atoms with Gasteiger partial charge in [-0.25, -0.2) is 0 Å². The van der Waals surface area contributed by atoms with E-state index in [1.165, 1.54) is 0 Å². The molecule has 27 heavy (non-hydrogen) atoms. The minimum absolute atomic E-state index is 0.0560. The molecular weight excluding hydrogens is 340 g/mol. The Hall–Kier alpha value is -2.66. The van der Waals surface area contributed by atoms with Gasteiger partial charge in [-0.3, -0.25) is 14.9 Å². The Morgan fingerprint density at radius 2 is 1.74 bits per heavy atom. The summed E-state index contributed by atoms with van der Waals surface area (Å²) in [6.07, 6.45) is 0.422. The molecule has 0 aromatic heterocycles. The van der Waals surface area contributed by atoms with Crippen molar-refractivity contribution in [2.45, 2.75) is 38.4 Å². The summed E-state index contributed by atoms with van der Waals surface area (Å²) in [4.78, 5) is 25.3. The largest absolute Gasteiger partial charge is 0.465 e. The molecule has 1 aliphatic heterocycles. The van der Waals surface area contributed by atoms with Crippen molar-refractivity contribution < 1.29 is 14.3 Å². The second-order valence-electron chi connectivity index (χ2n) is 6.84. The van der Waals surface area contributed by atoms with Gasteiger partial charge in [-0.2, -0.15) is 0 Å². The molecule has 1 heterocycles. The Balaban J connectivity index is 1.77. The lowest BCUT2D eigenvalue weighted by atomic mass is 9.92. The van der Waals surface area contributed by atoms with Crippen LogP contribution in [-0.4, -0.2) is 24.5 Å². The van der Waals surface area contributed by atoms with E-state index in [-0.39, 0.29) is 29.9 Å². The number of esters is 1. The Morgan fingerprint density at radius 3 is 2.37 bits per heavy atom. The first-order valence-corrected chi connectivity index (χ1v) is 9.43. The smallest absolute Gasteiger partial charge is 0.323 e. The summed E-state index contributed by atoms with van der Waals surface area (Å²) >= 11 is 0. The number of hydrogen-bond acceptors (Lipinski definition) is 4. The van der Waals surface area contributed by atoms with E-state index < -0.39 is 6.04 Å². The van der Waals surface area contributed by atoms with Crippen LogP contribution in [0, 0.1) is 5.92 Å². The summed E-state index contributed by atoms with van der Waals surface area (Å²) in [6.45, 7) is 4.08. The minimum Gasteiger partial charge on any atom is -0.465 e. The zero-order valence-corrected chi connectivity index (χ0v) is 15.7. The van der Waals surface area contributed by atoms with E-state index in [9.17, 15) is 9.59 Å². The zero-order chi connectivity index (χ0) is 19.2. The maximum atomic E-state index is 13.0. The maximum absolute atomic E-state index is 13.0. The number of hydrogen-bond donors (Lipinski definition) is 2. The highest BCUT2D eigenvalue weighted by molar-refractivity contribution is 5.84. The molecule has 4 atom stereocenters. The molecule has 2 N–H and O–H groups in total. The molecule has 0 aliphatic carbocycles. The van der Waals surface area contributed by atoms with Crippen LogP contribution in [-0.2, 0) is 14.3 Å². The Bertz CT molecular complexity index is 764. The zero-order valence-electron chi connectivity index (χ0n) is 15.7. The standard InChI is InChI=1S/C22H26N2O3/c1-3-27-22(26)19-14-18(20(24-19)17-12-8-5-9-13-17)21(25)23-15(2)16-10-6-4-7-11-16/h4-13,15,18-20,24H,3,14H2,1-2H3,(H,23,25)/t15-,18+,19+,20+/m0/s1. The molecule has 0 spiro atoms. The lowest BCUT2D eigenvalue weighted by Gasteiger charge is -2.22. The summed E-state index contributed by atoms with van der Waals surface area (Å²) in [5.74, 6) is -0.697. The van der Waals surface area contributed by atoms with Crippen LogP contribution >= 0.6 is 0 Å². The summed E-state index contributed by atoms with van der Waals surface area (Å²) in [5.41, 5.74) is 2.05. The van der Waals surface area contributed by atoms with Crippen LogP contribution in [0.5, 0.6) is 0 Å². The molecule has 1 aliphatic rings. The molecular formula is C22H26N2O3. The second kappa shape index (κ2) is 8.82. The van der Waals surface area contributed by atoms with E-state index in [0.29, 0.717) is 13.0 Å². The van der Waals surface area contributed by atoms with Crippen molar-refractivity contribution in [1.29, 1.82) is 0 Å². The van der Waals surface area contributed by atoms with Gasteiger partial charge < -0.3 is 10.1 Å². The highest BCUT2D eigenvalue weighted by atomic mass is 16.5. The first kappa shape index (κ1) is 19.1. The third-order valence-electron chi connectivity index (χ3n) is 5.00. The molecule has 0 unspecified atom stereocenters. The van der Waals surface area contributed by atoms with Gasteiger partial charge in [0.1, 0.15) is 6.04 Å². The molecule has 2 aromatic carbocycles. The number of ether oxygens (including phenoxy) is 1. The maximum Gasteiger partial charge on any atom is 0.323 e. The van der Waals surface area contributed by atoms with Crippen LogP contribution in [0.15, 0.2) is 60.7 Å². The molecule has 3 rings (SSSR count). The Labute approximate surface area is 160 Å². The fourth-order valence-corrected chi connectivity index (χ4v) is 3.59. The van der Waals surface area contributed by atoms with Crippen molar-refractivity contribution in [3.05, 3.63) is 71.8 Å². The number of rotatable bonds is 6. The van der Waals surface area contributed by atoms with E-state index in [0.717, 1.165) is 11.1 Å². The van der Waals surface area contributed by atoms with Crippen molar-refractivity contribution >= 4 is 11.9 Å². The van der Waals surface area contributed by atoms with Crippen molar-refractivity contribution in [3.63, 3.8) is 0 Å². The van der Waals surface area contributed by atoms with E-state index >= 15 is 0 Å². The van der Waals surface area contributed by atoms with Crippen LogP contribution in [0.25, 0.3) is 0 Å². The van der Waals surface area contributed by atoms with Crippen LogP contribution in [0.1, 0.15) is 43.5 Å². The minimum atomic E-state index is -0.474. The summed E-state index contributed by atoms with van der Waals surface area (Å²) in [7, 11) is 0. The molecule has 0 radical (unpaired) electrons. The van der Waals surface area contributed by atoms with Gasteiger partial charge in [0, 0.05) is 6.04 Å². The Kier molecular flexibility index (Phi) is 6.24. The number of nitrogens with one attached hydrogen (secondary N) is 2. The lowest BCUT2D eigenvalue weighted by molar-refractivity contribution is -0.145. The number of benzene rings is 2. The predicted molar refractivity (Wildman–Crippen MR) is 104 cm³/mol. The monoisotopic (exact) mass is 366 g/mol. The van der Waals surface area contributed by atoms with Crippen LogP contribution < -0.4 is 10.6 Å². The first-order valence-electron chi connectivity index (χ1n) is 9.43. The normalized spacial score (nSPS) is 22.8. The van der Waals surface area contributed by atoms with Crippen molar-refractivity contribution in [1.82, 2.24) is 10.6 Å². The summed E-state index contributed by atoms with van der Waals surface area (Å²) in [6, 6.07) is 18.8. The van der Waals surface area contributed by atoms with E-state index in [1.54, 1.807) is 6.92 Å². The van der Waals surface area contributed by atoms with Gasteiger partial charge in [0.05, 0.1) is 18.6 Å². The Morgan fingerprint density at radius 1 is 1.11 bits per heavy atom. The number of carbonyl (C=O) groups is 2. The van der Waals surface area contributed by atoms with E-state index in [2.05, 4.69) is 10.6 Å². The highest BCUT2D eigenvalue weighted by Gasteiger charge is 2.42. The molecule has 0 saturated carbocycles. The van der Waals surface area contributed by atoms with E-state index in [4.69, 9.17) is 4.74 Å². The van der Waals surface area contributed by atoms with E-state index in [1.807, 2.05) is 67.6 Å². The van der Waals surface area contributed by atoms with Gasteiger partial charge in [0.25, 0.3) is 0 Å². The second-order valence-corrected chi connectivity index (χ2v) is 6.84. The summed E-state index contributed by atoms with van der Waals surface area (Å²) in [5, 5.41) is 6.40. The lowest BCUT2D eigenvalue weighted by Crippen LogP contribution is -2.36. The van der Waals surface area contributed by atoms with Crippen LogP contribution in [0.2, 0.25) is 0 Å². The quantitative estimate of drug-likeness (QED) is 0.771. The molecule has 142 valence electrons. The van der Waals surface area contributed by atoms with Gasteiger partial charge in [0.2, 0.25) is 5.91 Å². The van der Waals surface area contributed by atoms with Gasteiger partial charge >= 0.3 is 5.97 Å². The fourth-order valence-electron chi connectivity index (χ4n) is 3.59. The van der Waals surface area contributed by atoms with Crippen molar-refractivity contribution in [2.24, 2.45) is 5.92 Å². The van der Waals surface area contributed by atoms with Crippen molar-refractivity contribution in [3.8, 4) is 0 Å². The van der Waals surface area contributed by atoms with Gasteiger partial charge in [0.15, 0.2) is 0 Å². The molecule has 5 heteroatoms. The topological polar surface area (TPSA) is 67.4 Å². The molecule has 1 amide bonds. The molecule has 1 saturated heterocycles. The first-order chi connectivity index (χ1) is 13.1. The van der Waals surface area contributed by atoms with Gasteiger partial charge in [-0.15, -0.1) is 0 Å². The predicted octanol–water partition coefficient (Wildman–Crippen LogP) is 3.15. The highest BCUT2D eigenvalue weighted by Crippen LogP contribution is 2.34. The van der Waals surface area contributed by atoms with Crippen molar-refractivity contribution in [2.75, 3.05) is 6.61 Å². The molecule has 2 aromatic rings. The van der Waals surface area contributed by atoms with Gasteiger partial charge in [-0.1, -0.05) is 60.7 Å². The SMILES string of the molecule is CCOC(=O)[C@H]1C[C@@H](C(=O)N[C@@H](C)c2ccccc2)[C@@H](c2ccccc2)N1. The van der Waals surface area contributed by atoms with Crippen LogP contribution in [0.4, 0.5) is 0 Å². The number of amides is 1.